The van der Waals surface area contributed by atoms with Gasteiger partial charge in [0.05, 0.1) is 15.4 Å². The zero-order valence-electron chi connectivity index (χ0n) is 18.2. The maximum atomic E-state index is 12.9. The van der Waals surface area contributed by atoms with Crippen LogP contribution in [0, 0.1) is 23.0 Å². The first kappa shape index (κ1) is 22.1. The van der Waals surface area contributed by atoms with Gasteiger partial charge in [-0.25, -0.2) is 4.98 Å². The molecule has 3 aromatic heterocycles. The van der Waals surface area contributed by atoms with Crippen molar-refractivity contribution in [3.05, 3.63) is 44.5 Å². The van der Waals surface area contributed by atoms with Crippen molar-refractivity contribution in [3.8, 4) is 10.7 Å². The number of hydrogen-bond acceptors (Lipinski definition) is 6. The number of carbonyl (C=O) groups excluding carboxylic acids is 1. The van der Waals surface area contributed by atoms with Gasteiger partial charge in [-0.2, -0.15) is 5.10 Å². The molecule has 1 unspecified atom stereocenters. The third-order valence-electron chi connectivity index (χ3n) is 5.82. The number of nitrogens with zero attached hydrogens (tertiary/aromatic N) is 3. The number of hydrogen-bond donors (Lipinski definition) is 2. The molecule has 0 spiro atoms. The van der Waals surface area contributed by atoms with Gasteiger partial charge in [0, 0.05) is 11.4 Å². The number of carbonyl (C=O) groups is 1. The minimum absolute atomic E-state index is 0.100. The van der Waals surface area contributed by atoms with Crippen molar-refractivity contribution < 1.29 is 4.79 Å². The average Bonchev–Trinajstić information content (AvgIpc) is 3.38. The first-order chi connectivity index (χ1) is 14.7. The van der Waals surface area contributed by atoms with Gasteiger partial charge in [0.25, 0.3) is 5.91 Å². The van der Waals surface area contributed by atoms with Crippen LogP contribution in [0.1, 0.15) is 53.0 Å². The summed E-state index contributed by atoms with van der Waals surface area (Å²) >= 11 is 8.33. The largest absolute Gasteiger partial charge is 0.297 e. The third kappa shape index (κ3) is 4.44. The Labute approximate surface area is 195 Å². The minimum Gasteiger partial charge on any atom is -0.297 e. The topological polar surface area (TPSA) is 75.6 Å². The number of thiazole rings is 1. The van der Waals surface area contributed by atoms with Crippen LogP contribution >= 0.6 is 34.9 Å². The molecule has 3 aromatic rings. The van der Waals surface area contributed by atoms with Crippen LogP contribution in [0.4, 0.5) is 5.13 Å². The Morgan fingerprint density at radius 1 is 1.45 bits per heavy atom. The fraction of sp³-hybridized carbons (Fsp3) is 0.455. The number of aromatic amines is 1. The Morgan fingerprint density at radius 3 is 2.94 bits per heavy atom. The molecule has 6 nitrogen and oxygen atoms in total. The lowest BCUT2D eigenvalue weighted by atomic mass is 9.72. The fourth-order valence-electron chi connectivity index (χ4n) is 3.98. The molecule has 0 radical (unpaired) electrons. The zero-order chi connectivity index (χ0) is 22.3. The van der Waals surface area contributed by atoms with E-state index in [1.165, 1.54) is 28.2 Å². The van der Waals surface area contributed by atoms with E-state index in [1.807, 2.05) is 11.5 Å². The van der Waals surface area contributed by atoms with E-state index in [1.54, 1.807) is 17.4 Å². The molecule has 1 amide bonds. The van der Waals surface area contributed by atoms with Gasteiger partial charge in [-0.3, -0.25) is 19.8 Å². The molecule has 4 rings (SSSR count). The first-order valence-corrected chi connectivity index (χ1v) is 12.4. The summed E-state index contributed by atoms with van der Waals surface area (Å²) in [5, 5.41) is 10.7. The first-order valence-electron chi connectivity index (χ1n) is 10.3. The normalized spacial score (nSPS) is 16.2. The van der Waals surface area contributed by atoms with Crippen LogP contribution in [0.2, 0.25) is 0 Å². The molecule has 31 heavy (non-hydrogen) atoms. The summed E-state index contributed by atoms with van der Waals surface area (Å²) in [5.41, 5.74) is 2.42. The molecule has 9 heteroatoms. The molecule has 0 aliphatic heterocycles. The highest BCUT2D eigenvalue weighted by molar-refractivity contribution is 7.71. The number of fused-ring (bicyclic) bond motifs is 1. The van der Waals surface area contributed by atoms with Crippen molar-refractivity contribution in [2.45, 2.75) is 53.5 Å². The van der Waals surface area contributed by atoms with Gasteiger partial charge in [-0.05, 0) is 61.4 Å². The van der Waals surface area contributed by atoms with Crippen molar-refractivity contribution in [2.24, 2.45) is 11.3 Å². The molecule has 1 aliphatic rings. The highest BCUT2D eigenvalue weighted by Crippen LogP contribution is 2.40. The smallest absolute Gasteiger partial charge is 0.267 e. The number of allylic oxidation sites excluding steroid dienone is 1. The van der Waals surface area contributed by atoms with E-state index in [0.717, 1.165) is 28.3 Å². The number of aromatic nitrogens is 4. The number of rotatable bonds is 5. The third-order valence-corrected chi connectivity index (χ3v) is 8.44. The number of nitrogens with one attached hydrogen (secondary N) is 2. The molecule has 0 saturated carbocycles. The Bertz CT molecular complexity index is 1190. The van der Waals surface area contributed by atoms with E-state index in [4.69, 9.17) is 12.2 Å². The lowest BCUT2D eigenvalue weighted by molar-refractivity contribution is 0.103. The predicted molar refractivity (Wildman–Crippen MR) is 131 cm³/mol. The van der Waals surface area contributed by atoms with Crippen molar-refractivity contribution in [3.63, 3.8) is 0 Å². The fourth-order valence-corrected chi connectivity index (χ4v) is 6.25. The molecule has 0 saturated heterocycles. The van der Waals surface area contributed by atoms with Crippen LogP contribution in [-0.4, -0.2) is 25.7 Å². The number of aryl methyl sites for hydroxylation is 2. The van der Waals surface area contributed by atoms with E-state index >= 15 is 0 Å². The Balaban J connectivity index is 1.53. The second kappa shape index (κ2) is 8.44. The molecular formula is C22H27N5OS3. The molecule has 1 aliphatic carbocycles. The standard InChI is InChI=1S/C22H27N5OS3/c1-6-9-27-18(25-26-21(27)29)17-12(2)23-20(31-17)24-19(28)16-11-13-10-14(22(3,4)5)7-8-15(13)30-16/h6,11,14H,1,7-10H2,2-5H3,(H,26,29)(H,23,24,28). The van der Waals surface area contributed by atoms with E-state index in [-0.39, 0.29) is 11.3 Å². The van der Waals surface area contributed by atoms with Crippen LogP contribution in [0.5, 0.6) is 0 Å². The Hall–Kier alpha value is -2.10. The number of amides is 1. The van der Waals surface area contributed by atoms with E-state index < -0.39 is 0 Å². The van der Waals surface area contributed by atoms with Gasteiger partial charge < -0.3 is 0 Å². The summed E-state index contributed by atoms with van der Waals surface area (Å²) in [6.07, 6.45) is 5.07. The summed E-state index contributed by atoms with van der Waals surface area (Å²) < 4.78 is 2.40. The summed E-state index contributed by atoms with van der Waals surface area (Å²) in [6, 6.07) is 2.07. The summed E-state index contributed by atoms with van der Waals surface area (Å²) in [4.78, 5) is 20.5. The van der Waals surface area contributed by atoms with Crippen LogP contribution in [0.3, 0.4) is 0 Å². The van der Waals surface area contributed by atoms with Gasteiger partial charge >= 0.3 is 0 Å². The maximum absolute atomic E-state index is 12.9. The summed E-state index contributed by atoms with van der Waals surface area (Å²) in [7, 11) is 0. The van der Waals surface area contributed by atoms with Crippen molar-refractivity contribution in [1.29, 1.82) is 0 Å². The zero-order valence-corrected chi connectivity index (χ0v) is 20.7. The molecule has 0 fully saturated rings. The quantitative estimate of drug-likeness (QED) is 0.351. The van der Waals surface area contributed by atoms with E-state index in [9.17, 15) is 4.79 Å². The monoisotopic (exact) mass is 473 g/mol. The Kier molecular flexibility index (Phi) is 6.02. The van der Waals surface area contributed by atoms with Gasteiger partial charge in [-0.15, -0.1) is 17.9 Å². The van der Waals surface area contributed by atoms with Crippen LogP contribution in [0.25, 0.3) is 10.7 Å². The van der Waals surface area contributed by atoms with Gasteiger partial charge in [0.1, 0.15) is 0 Å². The van der Waals surface area contributed by atoms with Crippen molar-refractivity contribution >= 4 is 45.9 Å². The number of anilines is 1. The van der Waals surface area contributed by atoms with Gasteiger partial charge in [0.2, 0.25) is 0 Å². The van der Waals surface area contributed by atoms with Gasteiger partial charge in [0.15, 0.2) is 15.7 Å². The van der Waals surface area contributed by atoms with Crippen LogP contribution in [0.15, 0.2) is 18.7 Å². The van der Waals surface area contributed by atoms with Crippen LogP contribution < -0.4 is 5.32 Å². The average molecular weight is 474 g/mol. The SMILES string of the molecule is C=CCn1c(-c2sc(NC(=O)c3cc4c(s3)CCC(C(C)(C)C)C4)nc2C)n[nH]c1=S. The Morgan fingerprint density at radius 2 is 2.23 bits per heavy atom. The van der Waals surface area contributed by atoms with Crippen molar-refractivity contribution in [1.82, 2.24) is 19.7 Å². The predicted octanol–water partition coefficient (Wildman–Crippen LogP) is 6.02. The second-order valence-electron chi connectivity index (χ2n) is 9.00. The second-order valence-corrected chi connectivity index (χ2v) is 11.5. The molecule has 0 aromatic carbocycles. The highest BCUT2D eigenvalue weighted by atomic mass is 32.1. The lowest BCUT2D eigenvalue weighted by Gasteiger charge is -2.33. The van der Waals surface area contributed by atoms with Crippen molar-refractivity contribution in [2.75, 3.05) is 5.32 Å². The molecule has 2 N–H and O–H groups in total. The van der Waals surface area contributed by atoms with E-state index in [2.05, 4.69) is 53.9 Å². The minimum atomic E-state index is -0.100. The highest BCUT2D eigenvalue weighted by Gasteiger charge is 2.30. The molecule has 164 valence electrons. The van der Waals surface area contributed by atoms with Crippen LogP contribution in [-0.2, 0) is 19.4 Å². The number of H-pyrrole nitrogens is 1. The summed E-state index contributed by atoms with van der Waals surface area (Å²) in [6.45, 7) is 13.2. The molecular weight excluding hydrogens is 446 g/mol. The maximum Gasteiger partial charge on any atom is 0.267 e. The van der Waals surface area contributed by atoms with Gasteiger partial charge in [-0.1, -0.05) is 38.2 Å². The van der Waals surface area contributed by atoms with E-state index in [0.29, 0.717) is 28.2 Å². The number of thiophene rings is 1. The lowest BCUT2D eigenvalue weighted by Crippen LogP contribution is -2.26. The molecule has 0 bridgehead atoms. The summed E-state index contributed by atoms with van der Waals surface area (Å²) in [5.74, 6) is 1.26. The molecule has 1 atom stereocenters. The molecule has 3 heterocycles.